The third-order valence-electron chi connectivity index (χ3n) is 2.69. The van der Waals surface area contributed by atoms with Gasteiger partial charge in [-0.2, -0.15) is 0 Å². The predicted octanol–water partition coefficient (Wildman–Crippen LogP) is 4.72. The van der Waals surface area contributed by atoms with Crippen molar-refractivity contribution in [2.45, 2.75) is 25.8 Å². The molecule has 1 rings (SSSR count). The van der Waals surface area contributed by atoms with Gasteiger partial charge in [0, 0.05) is 10.5 Å². The van der Waals surface area contributed by atoms with Gasteiger partial charge in [-0.3, -0.25) is 0 Å². The lowest BCUT2D eigenvalue weighted by Crippen LogP contribution is -2.16. The Labute approximate surface area is 111 Å². The summed E-state index contributed by atoms with van der Waals surface area (Å²) in [5.41, 5.74) is 2.48. The SMILES string of the molecule is C=C(CC)CC(NC)c1ccc(Cl)c(Br)c1. The molecule has 1 N–H and O–H groups in total. The van der Waals surface area contributed by atoms with Crippen LogP contribution in [0.2, 0.25) is 5.02 Å². The van der Waals surface area contributed by atoms with E-state index in [1.54, 1.807) is 0 Å². The van der Waals surface area contributed by atoms with Gasteiger partial charge in [-0.05, 0) is 53.5 Å². The fourth-order valence-electron chi connectivity index (χ4n) is 1.55. The van der Waals surface area contributed by atoms with Crippen molar-refractivity contribution in [2.75, 3.05) is 7.05 Å². The summed E-state index contributed by atoms with van der Waals surface area (Å²) < 4.78 is 0.939. The van der Waals surface area contributed by atoms with Crippen LogP contribution in [-0.4, -0.2) is 7.05 Å². The molecule has 0 fully saturated rings. The van der Waals surface area contributed by atoms with Crippen molar-refractivity contribution in [1.29, 1.82) is 0 Å². The number of benzene rings is 1. The predicted molar refractivity (Wildman–Crippen MR) is 75.0 cm³/mol. The second-order valence-corrected chi connectivity index (χ2v) is 5.08. The van der Waals surface area contributed by atoms with Crippen molar-refractivity contribution in [3.8, 4) is 0 Å². The molecule has 0 heterocycles. The zero-order valence-electron chi connectivity index (χ0n) is 9.69. The summed E-state index contributed by atoms with van der Waals surface area (Å²) in [7, 11) is 1.97. The normalized spacial score (nSPS) is 12.5. The Morgan fingerprint density at radius 2 is 2.25 bits per heavy atom. The average molecular weight is 303 g/mol. The highest BCUT2D eigenvalue weighted by Crippen LogP contribution is 2.28. The molecule has 0 saturated carbocycles. The smallest absolute Gasteiger partial charge is 0.0548 e. The lowest BCUT2D eigenvalue weighted by molar-refractivity contribution is 0.582. The van der Waals surface area contributed by atoms with Crippen LogP contribution in [0, 0.1) is 0 Å². The molecule has 1 unspecified atom stereocenters. The monoisotopic (exact) mass is 301 g/mol. The number of hydrogen-bond acceptors (Lipinski definition) is 1. The van der Waals surface area contributed by atoms with Gasteiger partial charge in [0.1, 0.15) is 0 Å². The van der Waals surface area contributed by atoms with E-state index in [1.165, 1.54) is 11.1 Å². The molecule has 1 atom stereocenters. The van der Waals surface area contributed by atoms with E-state index in [2.05, 4.69) is 46.9 Å². The van der Waals surface area contributed by atoms with Crippen LogP contribution in [0.4, 0.5) is 0 Å². The van der Waals surface area contributed by atoms with Gasteiger partial charge in [-0.15, -0.1) is 0 Å². The molecular formula is C13H17BrClN. The van der Waals surface area contributed by atoms with E-state index in [9.17, 15) is 0 Å². The van der Waals surface area contributed by atoms with E-state index in [4.69, 9.17) is 11.6 Å². The molecule has 16 heavy (non-hydrogen) atoms. The molecule has 0 bridgehead atoms. The van der Waals surface area contributed by atoms with E-state index in [-0.39, 0.29) is 0 Å². The maximum Gasteiger partial charge on any atom is 0.0548 e. The van der Waals surface area contributed by atoms with Gasteiger partial charge in [-0.1, -0.05) is 36.7 Å². The topological polar surface area (TPSA) is 12.0 Å². The summed E-state index contributed by atoms with van der Waals surface area (Å²) in [6.07, 6.45) is 1.98. The maximum absolute atomic E-state index is 5.98. The number of hydrogen-bond donors (Lipinski definition) is 1. The van der Waals surface area contributed by atoms with Crippen LogP contribution in [0.3, 0.4) is 0 Å². The van der Waals surface area contributed by atoms with Crippen LogP contribution in [0.1, 0.15) is 31.4 Å². The standard InChI is InChI=1S/C13H17BrClN/c1-4-9(2)7-13(16-3)10-5-6-12(15)11(14)8-10/h5-6,8,13,16H,2,4,7H2,1,3H3. The highest BCUT2D eigenvalue weighted by atomic mass is 79.9. The first-order chi connectivity index (χ1) is 7.58. The molecule has 0 aliphatic heterocycles. The molecule has 0 aliphatic rings. The Morgan fingerprint density at radius 1 is 1.56 bits per heavy atom. The van der Waals surface area contributed by atoms with Crippen molar-refractivity contribution in [3.05, 3.63) is 45.4 Å². The van der Waals surface area contributed by atoms with Crippen LogP contribution < -0.4 is 5.32 Å². The first-order valence-corrected chi connectivity index (χ1v) is 6.54. The molecule has 1 nitrogen and oxygen atoms in total. The van der Waals surface area contributed by atoms with E-state index >= 15 is 0 Å². The van der Waals surface area contributed by atoms with E-state index in [1.807, 2.05) is 13.1 Å². The molecule has 0 amide bonds. The minimum absolute atomic E-state index is 0.306. The number of halogens is 2. The second kappa shape index (κ2) is 6.43. The molecule has 3 heteroatoms. The second-order valence-electron chi connectivity index (χ2n) is 3.82. The zero-order valence-corrected chi connectivity index (χ0v) is 12.0. The van der Waals surface area contributed by atoms with Gasteiger partial charge in [0.15, 0.2) is 0 Å². The molecule has 1 aromatic rings. The Morgan fingerprint density at radius 3 is 2.75 bits per heavy atom. The van der Waals surface area contributed by atoms with Gasteiger partial charge in [0.2, 0.25) is 0 Å². The maximum atomic E-state index is 5.98. The van der Waals surface area contributed by atoms with Gasteiger partial charge < -0.3 is 5.32 Å². The highest BCUT2D eigenvalue weighted by Gasteiger charge is 2.11. The van der Waals surface area contributed by atoms with Gasteiger partial charge in [0.25, 0.3) is 0 Å². The fourth-order valence-corrected chi connectivity index (χ4v) is 2.06. The quantitative estimate of drug-likeness (QED) is 0.776. The molecule has 0 aliphatic carbocycles. The first kappa shape index (κ1) is 13.8. The summed E-state index contributed by atoms with van der Waals surface area (Å²) in [5.74, 6) is 0. The van der Waals surface area contributed by atoms with Gasteiger partial charge in [0.05, 0.1) is 5.02 Å². The van der Waals surface area contributed by atoms with Crippen molar-refractivity contribution in [1.82, 2.24) is 5.32 Å². The van der Waals surface area contributed by atoms with Crippen molar-refractivity contribution < 1.29 is 0 Å². The number of rotatable bonds is 5. The minimum atomic E-state index is 0.306. The Hall–Kier alpha value is -0.310. The summed E-state index contributed by atoms with van der Waals surface area (Å²) in [6.45, 7) is 6.18. The molecule has 88 valence electrons. The fraction of sp³-hybridized carbons (Fsp3) is 0.385. The van der Waals surface area contributed by atoms with Crippen LogP contribution >= 0.6 is 27.5 Å². The largest absolute Gasteiger partial charge is 0.313 e. The molecule has 0 radical (unpaired) electrons. The first-order valence-electron chi connectivity index (χ1n) is 5.37. The summed E-state index contributed by atoms with van der Waals surface area (Å²) >= 11 is 9.42. The van der Waals surface area contributed by atoms with Gasteiger partial charge >= 0.3 is 0 Å². The van der Waals surface area contributed by atoms with Gasteiger partial charge in [-0.25, -0.2) is 0 Å². The average Bonchev–Trinajstić information content (AvgIpc) is 2.29. The van der Waals surface area contributed by atoms with Crippen molar-refractivity contribution in [3.63, 3.8) is 0 Å². The highest BCUT2D eigenvalue weighted by molar-refractivity contribution is 9.10. The number of nitrogens with one attached hydrogen (secondary N) is 1. The molecule has 0 aromatic heterocycles. The van der Waals surface area contributed by atoms with Crippen LogP contribution in [0.25, 0.3) is 0 Å². The molecular weight excluding hydrogens is 286 g/mol. The summed E-state index contributed by atoms with van der Waals surface area (Å²) in [5, 5.41) is 4.05. The van der Waals surface area contributed by atoms with Crippen molar-refractivity contribution >= 4 is 27.5 Å². The summed E-state index contributed by atoms with van der Waals surface area (Å²) in [4.78, 5) is 0. The van der Waals surface area contributed by atoms with Crippen LogP contribution in [-0.2, 0) is 0 Å². The summed E-state index contributed by atoms with van der Waals surface area (Å²) in [6, 6.07) is 6.34. The zero-order chi connectivity index (χ0) is 12.1. The molecule has 1 aromatic carbocycles. The Balaban J connectivity index is 2.86. The third-order valence-corrected chi connectivity index (χ3v) is 3.90. The third kappa shape index (κ3) is 3.62. The molecule has 0 spiro atoms. The van der Waals surface area contributed by atoms with E-state index < -0.39 is 0 Å². The molecule has 0 saturated heterocycles. The van der Waals surface area contributed by atoms with Crippen LogP contribution in [0.5, 0.6) is 0 Å². The Kier molecular flexibility index (Phi) is 5.53. The lowest BCUT2D eigenvalue weighted by atomic mass is 9.99. The van der Waals surface area contributed by atoms with E-state index in [0.717, 1.165) is 22.3 Å². The van der Waals surface area contributed by atoms with Crippen molar-refractivity contribution in [2.24, 2.45) is 0 Å². The minimum Gasteiger partial charge on any atom is -0.313 e. The van der Waals surface area contributed by atoms with E-state index in [0.29, 0.717) is 6.04 Å². The lowest BCUT2D eigenvalue weighted by Gasteiger charge is -2.18. The van der Waals surface area contributed by atoms with Crippen LogP contribution in [0.15, 0.2) is 34.8 Å². The Bertz CT molecular complexity index is 376.